The van der Waals surface area contributed by atoms with E-state index in [2.05, 4.69) is 21.3 Å². The highest BCUT2D eigenvalue weighted by Gasteiger charge is 2.28. The molecule has 0 saturated heterocycles. The first-order valence-corrected chi connectivity index (χ1v) is 19.9. The lowest BCUT2D eigenvalue weighted by Crippen LogP contribution is -2.46. The summed E-state index contributed by atoms with van der Waals surface area (Å²) < 4.78 is 54.4. The van der Waals surface area contributed by atoms with E-state index >= 15 is 0 Å². The molecule has 4 amide bonds. The topological polar surface area (TPSA) is 226 Å². The fourth-order valence-electron chi connectivity index (χ4n) is 4.03. The molecule has 268 valence electrons. The molecule has 0 aliphatic heterocycles. The van der Waals surface area contributed by atoms with E-state index in [1.807, 2.05) is 0 Å². The number of carbonyl (C=O) groups is 4. The highest BCUT2D eigenvalue weighted by molar-refractivity contribution is 7.57. The Kier molecular flexibility index (Phi) is 22.2. The Bertz CT molecular complexity index is 1000. The van der Waals surface area contributed by atoms with Gasteiger partial charge in [0, 0.05) is 58.9 Å². The molecule has 1 fully saturated rings. The van der Waals surface area contributed by atoms with E-state index in [4.69, 9.17) is 28.0 Å². The maximum Gasteiger partial charge on any atom is 0.325 e. The van der Waals surface area contributed by atoms with Crippen molar-refractivity contribution in [3.63, 3.8) is 0 Å². The van der Waals surface area contributed by atoms with Crippen molar-refractivity contribution in [1.29, 1.82) is 0 Å². The highest BCUT2D eigenvalue weighted by Crippen LogP contribution is 2.41. The second-order valence-corrected chi connectivity index (χ2v) is 15.4. The van der Waals surface area contributed by atoms with Gasteiger partial charge in [-0.1, -0.05) is 0 Å². The molecule has 0 aromatic heterocycles. The first kappa shape index (κ1) is 42.1. The number of carbonyl (C=O) groups excluding carboxylic acids is 4. The zero-order valence-corrected chi connectivity index (χ0v) is 28.9. The summed E-state index contributed by atoms with van der Waals surface area (Å²) in [6, 6.07) is -0.176. The minimum atomic E-state index is -3.54. The van der Waals surface area contributed by atoms with Gasteiger partial charge in [0.15, 0.2) is 7.37 Å². The predicted molar refractivity (Wildman–Crippen MR) is 168 cm³/mol. The summed E-state index contributed by atoms with van der Waals surface area (Å²) in [6.45, 7) is 7.73. The van der Waals surface area contributed by atoms with Crippen molar-refractivity contribution in [3.05, 3.63) is 0 Å². The molecule has 0 aromatic rings. The Morgan fingerprint density at radius 2 is 1.04 bits per heavy atom. The van der Waals surface area contributed by atoms with E-state index in [0.29, 0.717) is 78.2 Å². The van der Waals surface area contributed by atoms with Gasteiger partial charge in [-0.25, -0.2) is 0 Å². The van der Waals surface area contributed by atoms with Crippen molar-refractivity contribution >= 4 is 38.6 Å². The maximum atomic E-state index is 12.1. The standard InChI is InChI=1S/C27H52N4O13P2/c1-45(2,36)43-21-20-41-15-12-30-25(33)24(32)28-10-4-13-39-16-18-42-19-17-40-14-5-11-29-26(34)27(35)31-22-6-8-23(9-7-22)44-46(3,37)38/h22-23H,4-21H2,1-3H3,(H,28,32)(H,29,34)(H,30,33)(H,31,35)(H,37,38). The average Bonchev–Trinajstić information content (AvgIpc) is 2.97. The molecule has 46 heavy (non-hydrogen) atoms. The van der Waals surface area contributed by atoms with Gasteiger partial charge in [-0.05, 0) is 38.5 Å². The Balaban J connectivity index is 1.86. The Morgan fingerprint density at radius 1 is 0.609 bits per heavy atom. The van der Waals surface area contributed by atoms with Gasteiger partial charge in [-0.3, -0.25) is 28.3 Å². The second-order valence-electron chi connectivity index (χ2n) is 10.9. The summed E-state index contributed by atoms with van der Waals surface area (Å²) in [4.78, 5) is 56.9. The van der Waals surface area contributed by atoms with Gasteiger partial charge in [0.1, 0.15) is 0 Å². The van der Waals surface area contributed by atoms with Crippen LogP contribution in [0.3, 0.4) is 0 Å². The second kappa shape index (κ2) is 24.2. The van der Waals surface area contributed by atoms with Gasteiger partial charge in [-0.2, -0.15) is 0 Å². The van der Waals surface area contributed by atoms with Crippen molar-refractivity contribution in [2.45, 2.75) is 50.7 Å². The number of ether oxygens (including phenoxy) is 4. The first-order chi connectivity index (χ1) is 21.8. The molecule has 17 nitrogen and oxygen atoms in total. The molecule has 1 unspecified atom stereocenters. The molecule has 5 N–H and O–H groups in total. The van der Waals surface area contributed by atoms with Crippen molar-refractivity contribution in [2.24, 2.45) is 0 Å². The molecule has 1 saturated carbocycles. The first-order valence-electron chi connectivity index (χ1n) is 15.4. The molecular formula is C27H52N4O13P2. The van der Waals surface area contributed by atoms with Gasteiger partial charge in [0.05, 0.1) is 52.4 Å². The SMILES string of the molecule is CP(C)(=O)OCCOCCNC(=O)C(=O)NCCCOCCOCCOCCCNC(=O)C(=O)NC1CCC(OP(C)(=O)O)CC1. The van der Waals surface area contributed by atoms with Gasteiger partial charge in [0.25, 0.3) is 0 Å². The summed E-state index contributed by atoms with van der Waals surface area (Å²) in [5, 5.41) is 10.2. The van der Waals surface area contributed by atoms with E-state index in [0.717, 1.165) is 6.66 Å². The zero-order chi connectivity index (χ0) is 34.3. The van der Waals surface area contributed by atoms with Crippen LogP contribution in [0.25, 0.3) is 0 Å². The minimum Gasteiger partial charge on any atom is -0.379 e. The number of nitrogens with one attached hydrogen (secondary N) is 4. The van der Waals surface area contributed by atoms with E-state index in [-0.39, 0.29) is 51.6 Å². The third kappa shape index (κ3) is 24.3. The van der Waals surface area contributed by atoms with Crippen molar-refractivity contribution in [2.75, 3.05) is 99.1 Å². The van der Waals surface area contributed by atoms with Crippen molar-refractivity contribution in [1.82, 2.24) is 21.3 Å². The third-order valence-electron chi connectivity index (χ3n) is 6.17. The van der Waals surface area contributed by atoms with Crippen LogP contribution in [0.1, 0.15) is 38.5 Å². The predicted octanol–water partition coefficient (Wildman–Crippen LogP) is -0.00490. The summed E-state index contributed by atoms with van der Waals surface area (Å²) in [6.07, 6.45) is 2.92. The summed E-state index contributed by atoms with van der Waals surface area (Å²) >= 11 is 0. The van der Waals surface area contributed by atoms with Crippen molar-refractivity contribution in [3.8, 4) is 0 Å². The number of amides is 4. The minimum absolute atomic E-state index is 0.161. The van der Waals surface area contributed by atoms with Crippen LogP contribution < -0.4 is 21.3 Å². The van der Waals surface area contributed by atoms with E-state index in [1.165, 1.54) is 13.3 Å². The van der Waals surface area contributed by atoms with Crippen LogP contribution in [0.2, 0.25) is 0 Å². The quantitative estimate of drug-likeness (QED) is 0.0508. The van der Waals surface area contributed by atoms with Crippen LogP contribution in [0.4, 0.5) is 0 Å². The number of hydrogen-bond acceptors (Lipinski definition) is 12. The molecular weight excluding hydrogens is 650 g/mol. The Hall–Kier alpha value is -1.94. The van der Waals surface area contributed by atoms with Crippen LogP contribution in [-0.2, 0) is 56.3 Å². The van der Waals surface area contributed by atoms with Gasteiger partial charge < -0.3 is 54.2 Å². The summed E-state index contributed by atoms with van der Waals surface area (Å²) in [5.74, 6) is -2.92. The average molecular weight is 703 g/mol. The highest BCUT2D eigenvalue weighted by atomic mass is 31.2. The maximum absolute atomic E-state index is 12.1. The van der Waals surface area contributed by atoms with Gasteiger partial charge >= 0.3 is 31.2 Å². The number of hydrogen-bond donors (Lipinski definition) is 5. The monoisotopic (exact) mass is 702 g/mol. The molecule has 0 bridgehead atoms. The molecule has 19 heteroatoms. The fraction of sp³-hybridized carbons (Fsp3) is 0.852. The Morgan fingerprint density at radius 3 is 1.54 bits per heavy atom. The van der Waals surface area contributed by atoms with E-state index in [1.54, 1.807) is 0 Å². The Labute approximate surface area is 270 Å². The van der Waals surface area contributed by atoms with Crippen LogP contribution in [-0.4, -0.2) is 140 Å². The molecule has 1 atom stereocenters. The summed E-state index contributed by atoms with van der Waals surface area (Å²) in [5.41, 5.74) is 0. The van der Waals surface area contributed by atoms with E-state index < -0.39 is 38.6 Å². The normalized spacial score (nSPS) is 17.9. The van der Waals surface area contributed by atoms with Crippen LogP contribution >= 0.6 is 15.0 Å². The zero-order valence-electron chi connectivity index (χ0n) is 27.1. The lowest BCUT2D eigenvalue weighted by atomic mass is 9.93. The lowest BCUT2D eigenvalue weighted by molar-refractivity contribution is -0.139. The molecule has 0 heterocycles. The molecule has 0 aromatic carbocycles. The van der Waals surface area contributed by atoms with Crippen molar-refractivity contribution < 1.29 is 61.2 Å². The fourth-order valence-corrected chi connectivity index (χ4v) is 5.31. The smallest absolute Gasteiger partial charge is 0.325 e. The molecule has 0 radical (unpaired) electrons. The largest absolute Gasteiger partial charge is 0.379 e. The summed E-state index contributed by atoms with van der Waals surface area (Å²) in [7, 11) is -6.08. The molecule has 0 spiro atoms. The van der Waals surface area contributed by atoms with Crippen LogP contribution in [0.15, 0.2) is 0 Å². The van der Waals surface area contributed by atoms with E-state index in [9.17, 15) is 33.2 Å². The van der Waals surface area contributed by atoms with Gasteiger partial charge in [0.2, 0.25) is 0 Å². The third-order valence-corrected chi connectivity index (χ3v) is 7.67. The van der Waals surface area contributed by atoms with Gasteiger partial charge in [-0.15, -0.1) is 0 Å². The van der Waals surface area contributed by atoms with Crippen LogP contribution in [0.5, 0.6) is 0 Å². The van der Waals surface area contributed by atoms with Crippen LogP contribution in [0, 0.1) is 0 Å². The molecule has 1 rings (SSSR count). The molecule has 1 aliphatic carbocycles. The molecule has 1 aliphatic rings. The lowest BCUT2D eigenvalue weighted by Gasteiger charge is -2.29. The number of rotatable bonds is 24.